The molecule has 5 N–H and O–H groups in total. The van der Waals surface area contributed by atoms with Crippen molar-refractivity contribution < 1.29 is 4.79 Å². The molecule has 0 saturated heterocycles. The molecule has 6 heterocycles. The van der Waals surface area contributed by atoms with E-state index in [9.17, 15) is 4.79 Å². The lowest BCUT2D eigenvalue weighted by atomic mass is 10.0. The van der Waals surface area contributed by atoms with Gasteiger partial charge in [-0.15, -0.1) is 0 Å². The summed E-state index contributed by atoms with van der Waals surface area (Å²) in [5.74, 6) is 1.62. The molecule has 182 valence electrons. The molecule has 0 unspecified atom stereocenters. The summed E-state index contributed by atoms with van der Waals surface area (Å²) in [4.78, 5) is 27.7. The Bertz CT molecular complexity index is 1560. The highest BCUT2D eigenvalue weighted by atomic mass is 16.2. The van der Waals surface area contributed by atoms with Gasteiger partial charge in [0.05, 0.1) is 23.7 Å². The molecule has 6 rings (SSSR count). The number of aromatic nitrogens is 5. The first-order chi connectivity index (χ1) is 17.4. The summed E-state index contributed by atoms with van der Waals surface area (Å²) in [5, 5.41) is 15.7. The van der Waals surface area contributed by atoms with Gasteiger partial charge in [-0.2, -0.15) is 5.10 Å². The number of hydrogen-bond donors (Lipinski definition) is 4. The van der Waals surface area contributed by atoms with Gasteiger partial charge in [0.2, 0.25) is 5.91 Å². The van der Waals surface area contributed by atoms with Crippen molar-refractivity contribution in [3.05, 3.63) is 54.1 Å². The van der Waals surface area contributed by atoms with E-state index in [2.05, 4.69) is 42.6 Å². The molecule has 0 fully saturated rings. The van der Waals surface area contributed by atoms with Gasteiger partial charge in [-0.05, 0) is 30.0 Å². The number of pyridine rings is 3. The fraction of sp³-hybridized carbons (Fsp3) is 0.240. The third-order valence-electron chi connectivity index (χ3n) is 6.70. The maximum atomic E-state index is 11.8. The van der Waals surface area contributed by atoms with Crippen molar-refractivity contribution in [2.45, 2.75) is 19.9 Å². The maximum absolute atomic E-state index is 11.8. The quantitative estimate of drug-likeness (QED) is 0.347. The van der Waals surface area contributed by atoms with E-state index in [4.69, 9.17) is 5.73 Å². The van der Waals surface area contributed by atoms with Crippen LogP contribution in [-0.2, 0) is 17.8 Å². The predicted octanol–water partition coefficient (Wildman–Crippen LogP) is 2.48. The molecule has 4 aromatic heterocycles. The number of rotatable bonds is 3. The Morgan fingerprint density at radius 2 is 2.00 bits per heavy atom. The molecule has 2 aliphatic heterocycles. The van der Waals surface area contributed by atoms with Gasteiger partial charge in [0.1, 0.15) is 23.9 Å². The molecule has 0 bridgehead atoms. The van der Waals surface area contributed by atoms with Gasteiger partial charge in [-0.1, -0.05) is 6.58 Å². The van der Waals surface area contributed by atoms with Crippen LogP contribution in [0.4, 0.5) is 23.1 Å². The molecule has 0 spiro atoms. The third-order valence-corrected chi connectivity index (χ3v) is 6.70. The second-order valence-electron chi connectivity index (χ2n) is 9.09. The Kier molecular flexibility index (Phi) is 4.99. The van der Waals surface area contributed by atoms with E-state index in [1.54, 1.807) is 10.9 Å². The van der Waals surface area contributed by atoms with Crippen molar-refractivity contribution >= 4 is 45.5 Å². The minimum absolute atomic E-state index is 0.0405. The van der Waals surface area contributed by atoms with Crippen LogP contribution in [-0.4, -0.2) is 55.8 Å². The van der Waals surface area contributed by atoms with Gasteiger partial charge >= 0.3 is 0 Å². The summed E-state index contributed by atoms with van der Waals surface area (Å²) < 4.78 is 1.72. The third kappa shape index (κ3) is 3.65. The Morgan fingerprint density at radius 1 is 1.14 bits per heavy atom. The van der Waals surface area contributed by atoms with Crippen LogP contribution in [0.2, 0.25) is 0 Å². The SMILES string of the molecule is C=C1c2ncc(-c3cc4cc(Nc5cc6n(n5)CC(=O)NCC6)ncc4c(N)n3)c(C)c2NCN1C. The molecular formula is C25H26N10O. The lowest BCUT2D eigenvalue weighted by Gasteiger charge is -2.31. The maximum Gasteiger partial charge on any atom is 0.241 e. The molecule has 2 aliphatic rings. The number of nitrogens with zero attached hydrogens (tertiary/aromatic N) is 6. The molecular weight excluding hydrogens is 456 g/mol. The van der Waals surface area contributed by atoms with Gasteiger partial charge in [0, 0.05) is 55.1 Å². The molecule has 4 aromatic rings. The number of hydrogen-bond acceptors (Lipinski definition) is 9. The zero-order valence-electron chi connectivity index (χ0n) is 20.1. The monoisotopic (exact) mass is 482 g/mol. The number of nitrogen functional groups attached to an aromatic ring is 1. The number of carbonyl (C=O) groups is 1. The van der Waals surface area contributed by atoms with Crippen molar-refractivity contribution in [2.75, 3.05) is 36.6 Å². The van der Waals surface area contributed by atoms with Crippen molar-refractivity contribution in [3.8, 4) is 11.3 Å². The van der Waals surface area contributed by atoms with Crippen molar-refractivity contribution in [1.82, 2.24) is 34.9 Å². The lowest BCUT2D eigenvalue weighted by Crippen LogP contribution is -2.30. The first-order valence-electron chi connectivity index (χ1n) is 11.7. The molecule has 36 heavy (non-hydrogen) atoms. The fourth-order valence-corrected chi connectivity index (χ4v) is 4.66. The topological polar surface area (TPSA) is 139 Å². The smallest absolute Gasteiger partial charge is 0.241 e. The molecule has 11 nitrogen and oxygen atoms in total. The summed E-state index contributed by atoms with van der Waals surface area (Å²) in [6.07, 6.45) is 4.25. The van der Waals surface area contributed by atoms with Gasteiger partial charge in [-0.3, -0.25) is 14.5 Å². The molecule has 0 atom stereocenters. The van der Waals surface area contributed by atoms with Gasteiger partial charge in [-0.25, -0.2) is 9.97 Å². The second kappa shape index (κ2) is 8.22. The standard InChI is InChI=1S/C25H26N10O/c1-13-17(9-29-24-14(2)34(3)12-30-23(13)24)19-6-15-7-20(28-10-18(15)25(26)31-19)32-21-8-16-4-5-27-22(36)11-35(16)33-21/h6-10,30H,2,4-5,11-12H2,1,3H3,(H2,26,31)(H,27,36)(H,28,32,33). The minimum Gasteiger partial charge on any atom is -0.383 e. The molecule has 0 aliphatic carbocycles. The molecule has 0 aromatic carbocycles. The van der Waals surface area contributed by atoms with E-state index in [0.29, 0.717) is 30.7 Å². The number of nitrogens with two attached hydrogens (primary N) is 1. The van der Waals surface area contributed by atoms with Crippen LogP contribution in [0, 0.1) is 6.92 Å². The Morgan fingerprint density at radius 3 is 2.86 bits per heavy atom. The van der Waals surface area contributed by atoms with Crippen LogP contribution in [0.15, 0.2) is 37.2 Å². The van der Waals surface area contributed by atoms with Crippen molar-refractivity contribution in [3.63, 3.8) is 0 Å². The van der Waals surface area contributed by atoms with Crippen LogP contribution in [0.25, 0.3) is 27.7 Å². The first-order valence-corrected chi connectivity index (χ1v) is 11.7. The van der Waals surface area contributed by atoms with Crippen LogP contribution in [0.1, 0.15) is 17.0 Å². The predicted molar refractivity (Wildman–Crippen MR) is 139 cm³/mol. The van der Waals surface area contributed by atoms with Crippen molar-refractivity contribution in [1.29, 1.82) is 0 Å². The van der Waals surface area contributed by atoms with E-state index < -0.39 is 0 Å². The highest BCUT2D eigenvalue weighted by Gasteiger charge is 2.22. The Hall–Kier alpha value is -4.67. The summed E-state index contributed by atoms with van der Waals surface area (Å²) in [5.41, 5.74) is 12.7. The molecule has 0 saturated carbocycles. The number of nitrogens with one attached hydrogen (secondary N) is 3. The number of anilines is 4. The van der Waals surface area contributed by atoms with Crippen LogP contribution < -0.4 is 21.7 Å². The Balaban J connectivity index is 1.35. The Labute approximate surface area is 207 Å². The van der Waals surface area contributed by atoms with Gasteiger partial charge in [0.15, 0.2) is 5.82 Å². The average Bonchev–Trinajstić information content (AvgIpc) is 3.12. The van der Waals surface area contributed by atoms with Crippen LogP contribution in [0.5, 0.6) is 0 Å². The molecule has 0 radical (unpaired) electrons. The van der Waals surface area contributed by atoms with E-state index in [1.165, 1.54) is 0 Å². The van der Waals surface area contributed by atoms with Gasteiger partial charge < -0.3 is 26.6 Å². The summed E-state index contributed by atoms with van der Waals surface area (Å²) >= 11 is 0. The zero-order chi connectivity index (χ0) is 25.0. The minimum atomic E-state index is -0.0405. The fourth-order valence-electron chi connectivity index (χ4n) is 4.66. The highest BCUT2D eigenvalue weighted by Crippen LogP contribution is 2.36. The van der Waals surface area contributed by atoms with E-state index >= 15 is 0 Å². The van der Waals surface area contributed by atoms with E-state index in [-0.39, 0.29) is 12.5 Å². The van der Waals surface area contributed by atoms with E-state index in [0.717, 1.165) is 56.8 Å². The zero-order valence-corrected chi connectivity index (χ0v) is 20.1. The first kappa shape index (κ1) is 21.8. The summed E-state index contributed by atoms with van der Waals surface area (Å²) in [6.45, 7) is 7.68. The second-order valence-corrected chi connectivity index (χ2v) is 9.09. The number of fused-ring (bicyclic) bond motifs is 3. The summed E-state index contributed by atoms with van der Waals surface area (Å²) in [6, 6.07) is 5.86. The van der Waals surface area contributed by atoms with Crippen LogP contribution in [0.3, 0.4) is 0 Å². The average molecular weight is 483 g/mol. The van der Waals surface area contributed by atoms with Crippen LogP contribution >= 0.6 is 0 Å². The molecule has 1 amide bonds. The molecule has 11 heteroatoms. The van der Waals surface area contributed by atoms with E-state index in [1.807, 2.05) is 43.3 Å². The number of amides is 1. The highest BCUT2D eigenvalue weighted by molar-refractivity contribution is 5.95. The number of carbonyl (C=O) groups excluding carboxylic acids is 1. The largest absolute Gasteiger partial charge is 0.383 e. The summed E-state index contributed by atoms with van der Waals surface area (Å²) in [7, 11) is 1.98. The van der Waals surface area contributed by atoms with Gasteiger partial charge in [0.25, 0.3) is 0 Å². The normalized spacial score (nSPS) is 15.1. The van der Waals surface area contributed by atoms with Crippen molar-refractivity contribution in [2.24, 2.45) is 0 Å². The lowest BCUT2D eigenvalue weighted by molar-refractivity contribution is -0.121.